The molecular weight excluding hydrogens is 412 g/mol. The van der Waals surface area contributed by atoms with Gasteiger partial charge in [-0.05, 0) is 52.8 Å². The Kier molecular flexibility index (Phi) is 5.86. The number of rotatable bonds is 6. The highest BCUT2D eigenvalue weighted by molar-refractivity contribution is 5.86. The molecule has 5 heteroatoms. The summed E-state index contributed by atoms with van der Waals surface area (Å²) in [6.07, 6.45) is 1.77. The van der Waals surface area contributed by atoms with Crippen molar-refractivity contribution in [1.82, 2.24) is 10.2 Å². The van der Waals surface area contributed by atoms with E-state index in [-0.39, 0.29) is 23.8 Å². The van der Waals surface area contributed by atoms with Gasteiger partial charge in [-0.1, -0.05) is 60.7 Å². The SMILES string of the molecule is COc1ccc(CCN2C[C@H](C(=O)NC3c4ccccc4-c4ccccc43)CCC2=O)cc1. The van der Waals surface area contributed by atoms with Crippen LogP contribution in [0, 0.1) is 5.92 Å². The maximum Gasteiger partial charge on any atom is 0.225 e. The van der Waals surface area contributed by atoms with Crippen molar-refractivity contribution in [3.8, 4) is 16.9 Å². The van der Waals surface area contributed by atoms with Crippen molar-refractivity contribution in [1.29, 1.82) is 0 Å². The average molecular weight is 441 g/mol. The molecule has 5 rings (SSSR count). The van der Waals surface area contributed by atoms with Gasteiger partial charge >= 0.3 is 0 Å². The lowest BCUT2D eigenvalue weighted by Crippen LogP contribution is -2.47. The Balaban J connectivity index is 1.26. The van der Waals surface area contributed by atoms with Gasteiger partial charge in [-0.25, -0.2) is 0 Å². The van der Waals surface area contributed by atoms with Gasteiger partial charge < -0.3 is 15.0 Å². The zero-order valence-electron chi connectivity index (χ0n) is 18.8. The Morgan fingerprint density at radius 2 is 1.61 bits per heavy atom. The normalized spacial score (nSPS) is 17.4. The molecule has 3 aromatic carbocycles. The predicted octanol–water partition coefficient (Wildman–Crippen LogP) is 4.36. The van der Waals surface area contributed by atoms with Crippen molar-refractivity contribution < 1.29 is 14.3 Å². The zero-order chi connectivity index (χ0) is 22.8. The van der Waals surface area contributed by atoms with E-state index in [1.54, 1.807) is 7.11 Å². The summed E-state index contributed by atoms with van der Waals surface area (Å²) in [4.78, 5) is 27.7. The second-order valence-electron chi connectivity index (χ2n) is 8.79. The van der Waals surface area contributed by atoms with Crippen molar-refractivity contribution in [2.45, 2.75) is 25.3 Å². The van der Waals surface area contributed by atoms with E-state index in [1.807, 2.05) is 53.4 Å². The summed E-state index contributed by atoms with van der Waals surface area (Å²) in [5, 5.41) is 3.29. The van der Waals surface area contributed by atoms with E-state index in [0.717, 1.165) is 28.9 Å². The number of methoxy groups -OCH3 is 1. The molecule has 0 spiro atoms. The summed E-state index contributed by atoms with van der Waals surface area (Å²) >= 11 is 0. The average Bonchev–Trinajstić information content (AvgIpc) is 3.17. The Morgan fingerprint density at radius 1 is 0.970 bits per heavy atom. The Labute approximate surface area is 194 Å². The minimum Gasteiger partial charge on any atom is -0.497 e. The first-order valence-electron chi connectivity index (χ1n) is 11.5. The van der Waals surface area contributed by atoms with Crippen LogP contribution in [0.25, 0.3) is 11.1 Å². The highest BCUT2D eigenvalue weighted by Crippen LogP contribution is 2.43. The van der Waals surface area contributed by atoms with Gasteiger partial charge in [-0.15, -0.1) is 0 Å². The number of carbonyl (C=O) groups is 2. The molecule has 33 heavy (non-hydrogen) atoms. The molecule has 0 bridgehead atoms. The van der Waals surface area contributed by atoms with Crippen LogP contribution in [0.2, 0.25) is 0 Å². The number of likely N-dealkylation sites (tertiary alicyclic amines) is 1. The third kappa shape index (κ3) is 4.23. The summed E-state index contributed by atoms with van der Waals surface area (Å²) < 4.78 is 5.21. The predicted molar refractivity (Wildman–Crippen MR) is 128 cm³/mol. The van der Waals surface area contributed by atoms with Gasteiger partial charge in [0.15, 0.2) is 0 Å². The monoisotopic (exact) mass is 440 g/mol. The minimum absolute atomic E-state index is 0.0217. The lowest BCUT2D eigenvalue weighted by molar-refractivity contribution is -0.138. The van der Waals surface area contributed by atoms with E-state index < -0.39 is 0 Å². The van der Waals surface area contributed by atoms with Crippen LogP contribution in [0.1, 0.15) is 35.6 Å². The molecule has 1 aliphatic heterocycles. The van der Waals surface area contributed by atoms with Crippen LogP contribution in [-0.2, 0) is 16.0 Å². The molecule has 1 atom stereocenters. The van der Waals surface area contributed by atoms with E-state index in [2.05, 4.69) is 29.6 Å². The number of carbonyl (C=O) groups excluding carboxylic acids is 2. The lowest BCUT2D eigenvalue weighted by atomic mass is 9.95. The van der Waals surface area contributed by atoms with Crippen LogP contribution < -0.4 is 10.1 Å². The molecule has 1 heterocycles. The molecule has 2 amide bonds. The van der Waals surface area contributed by atoms with Crippen LogP contribution >= 0.6 is 0 Å². The van der Waals surface area contributed by atoms with Gasteiger partial charge in [0.2, 0.25) is 11.8 Å². The molecule has 5 nitrogen and oxygen atoms in total. The third-order valence-electron chi connectivity index (χ3n) is 6.82. The Hall–Kier alpha value is -3.60. The lowest BCUT2D eigenvalue weighted by Gasteiger charge is -2.32. The van der Waals surface area contributed by atoms with Crippen molar-refractivity contribution in [3.63, 3.8) is 0 Å². The molecule has 0 radical (unpaired) electrons. The molecule has 1 aliphatic carbocycles. The third-order valence-corrected chi connectivity index (χ3v) is 6.82. The van der Waals surface area contributed by atoms with Gasteiger partial charge in [0.1, 0.15) is 5.75 Å². The number of hydrogen-bond acceptors (Lipinski definition) is 3. The fraction of sp³-hybridized carbons (Fsp3) is 0.286. The Morgan fingerprint density at radius 3 is 2.24 bits per heavy atom. The summed E-state index contributed by atoms with van der Waals surface area (Å²) in [6, 6.07) is 24.3. The van der Waals surface area contributed by atoms with Crippen LogP contribution in [0.15, 0.2) is 72.8 Å². The highest BCUT2D eigenvalue weighted by atomic mass is 16.5. The fourth-order valence-electron chi connectivity index (χ4n) is 4.97. The van der Waals surface area contributed by atoms with E-state index in [1.165, 1.54) is 11.1 Å². The molecule has 0 saturated carbocycles. The first-order valence-corrected chi connectivity index (χ1v) is 11.5. The topological polar surface area (TPSA) is 58.6 Å². The second kappa shape index (κ2) is 9.10. The number of nitrogens with one attached hydrogen (secondary N) is 1. The van der Waals surface area contributed by atoms with Gasteiger partial charge in [0.25, 0.3) is 0 Å². The molecule has 1 saturated heterocycles. The van der Waals surface area contributed by atoms with Crippen molar-refractivity contribution in [2.24, 2.45) is 5.92 Å². The van der Waals surface area contributed by atoms with Gasteiger partial charge in [-0.2, -0.15) is 0 Å². The molecule has 1 N–H and O–H groups in total. The van der Waals surface area contributed by atoms with Crippen molar-refractivity contribution in [2.75, 3.05) is 20.2 Å². The number of ether oxygens (including phenoxy) is 1. The molecule has 1 fully saturated rings. The van der Waals surface area contributed by atoms with Gasteiger partial charge in [0.05, 0.1) is 19.1 Å². The molecule has 0 unspecified atom stereocenters. The first kappa shape index (κ1) is 21.3. The maximum absolute atomic E-state index is 13.3. The number of piperidine rings is 1. The van der Waals surface area contributed by atoms with Crippen LogP contribution in [-0.4, -0.2) is 36.9 Å². The second-order valence-corrected chi connectivity index (χ2v) is 8.79. The molecule has 0 aromatic heterocycles. The highest BCUT2D eigenvalue weighted by Gasteiger charge is 2.34. The minimum atomic E-state index is -0.196. The first-order chi connectivity index (χ1) is 16.1. The summed E-state index contributed by atoms with van der Waals surface area (Å²) in [6.45, 7) is 1.08. The molecule has 2 aliphatic rings. The molecule has 3 aromatic rings. The smallest absolute Gasteiger partial charge is 0.225 e. The molecular formula is C28H28N2O3. The maximum atomic E-state index is 13.3. The number of hydrogen-bond donors (Lipinski definition) is 1. The van der Waals surface area contributed by atoms with Crippen molar-refractivity contribution >= 4 is 11.8 Å². The van der Waals surface area contributed by atoms with E-state index in [4.69, 9.17) is 4.74 Å². The van der Waals surface area contributed by atoms with Gasteiger partial charge in [-0.3, -0.25) is 9.59 Å². The Bertz CT molecular complexity index is 1130. The summed E-state index contributed by atoms with van der Waals surface area (Å²) in [5.41, 5.74) is 5.77. The zero-order valence-corrected chi connectivity index (χ0v) is 18.8. The summed E-state index contributed by atoms with van der Waals surface area (Å²) in [7, 11) is 1.65. The van der Waals surface area contributed by atoms with E-state index in [9.17, 15) is 9.59 Å². The van der Waals surface area contributed by atoms with Crippen molar-refractivity contribution in [3.05, 3.63) is 89.5 Å². The summed E-state index contributed by atoms with van der Waals surface area (Å²) in [5.74, 6) is 0.774. The van der Waals surface area contributed by atoms with Crippen LogP contribution in [0.4, 0.5) is 0 Å². The quantitative estimate of drug-likeness (QED) is 0.620. The van der Waals surface area contributed by atoms with Crippen LogP contribution in [0.3, 0.4) is 0 Å². The number of fused-ring (bicyclic) bond motifs is 3. The van der Waals surface area contributed by atoms with E-state index >= 15 is 0 Å². The number of amides is 2. The number of nitrogens with zero attached hydrogens (tertiary/aromatic N) is 1. The molecule has 168 valence electrons. The van der Waals surface area contributed by atoms with Gasteiger partial charge in [0, 0.05) is 19.5 Å². The van der Waals surface area contributed by atoms with E-state index in [0.29, 0.717) is 25.9 Å². The standard InChI is InChI=1S/C28H28N2O3/c1-33-21-13-10-19(11-14-21)16-17-30-18-20(12-15-26(30)31)28(32)29-27-24-8-4-2-6-22(24)23-7-3-5-9-25(23)27/h2-11,13-14,20,27H,12,15-18H2,1H3,(H,29,32)/t20-/m1/s1. The van der Waals surface area contributed by atoms with Crippen LogP contribution in [0.5, 0.6) is 5.75 Å². The fourth-order valence-corrected chi connectivity index (χ4v) is 4.97. The largest absolute Gasteiger partial charge is 0.497 e. The number of benzene rings is 3.